The van der Waals surface area contributed by atoms with Crippen molar-refractivity contribution in [1.82, 2.24) is 5.32 Å². The Labute approximate surface area is 164 Å². The molecule has 0 spiro atoms. The number of benzene rings is 2. The van der Waals surface area contributed by atoms with E-state index in [9.17, 15) is 4.79 Å². The van der Waals surface area contributed by atoms with Gasteiger partial charge in [0, 0.05) is 12.2 Å². The third-order valence-electron chi connectivity index (χ3n) is 4.99. The van der Waals surface area contributed by atoms with E-state index in [0.717, 1.165) is 42.3 Å². The summed E-state index contributed by atoms with van der Waals surface area (Å²) >= 11 is 0. The molecular weight excluding hydrogens is 358 g/mol. The third kappa shape index (κ3) is 4.39. The predicted molar refractivity (Wildman–Crippen MR) is 104 cm³/mol. The Morgan fingerprint density at radius 2 is 1.89 bits per heavy atom. The minimum Gasteiger partial charge on any atom is -0.491 e. The molecule has 1 saturated heterocycles. The fourth-order valence-corrected chi connectivity index (χ4v) is 3.36. The lowest BCUT2D eigenvalue weighted by atomic mass is 10.1. The van der Waals surface area contributed by atoms with E-state index in [1.165, 1.54) is 0 Å². The molecule has 0 aliphatic carbocycles. The average molecular weight is 383 g/mol. The van der Waals surface area contributed by atoms with Crippen LogP contribution in [0.4, 0.5) is 0 Å². The van der Waals surface area contributed by atoms with Crippen molar-refractivity contribution in [1.29, 1.82) is 0 Å². The quantitative estimate of drug-likeness (QED) is 0.827. The number of nitrogens with one attached hydrogen (secondary N) is 1. The van der Waals surface area contributed by atoms with Crippen LogP contribution < -0.4 is 19.5 Å². The Kier molecular flexibility index (Phi) is 5.67. The third-order valence-corrected chi connectivity index (χ3v) is 4.99. The number of hydrogen-bond acceptors (Lipinski definition) is 5. The Balaban J connectivity index is 1.33. The van der Waals surface area contributed by atoms with Gasteiger partial charge in [-0.1, -0.05) is 6.07 Å². The Hall–Kier alpha value is -2.73. The van der Waals surface area contributed by atoms with Gasteiger partial charge >= 0.3 is 0 Å². The summed E-state index contributed by atoms with van der Waals surface area (Å²) in [7, 11) is 0. The number of fused-ring (bicyclic) bond motifs is 1. The van der Waals surface area contributed by atoms with Gasteiger partial charge in [-0.2, -0.15) is 0 Å². The molecule has 6 heteroatoms. The number of carbonyl (C=O) groups is 1. The summed E-state index contributed by atoms with van der Waals surface area (Å²) in [5.41, 5.74) is 1.56. The zero-order chi connectivity index (χ0) is 19.3. The van der Waals surface area contributed by atoms with Crippen LogP contribution in [-0.4, -0.2) is 38.4 Å². The van der Waals surface area contributed by atoms with Gasteiger partial charge in [-0.05, 0) is 61.7 Å². The van der Waals surface area contributed by atoms with Crippen LogP contribution in [0.3, 0.4) is 0 Å². The second kappa shape index (κ2) is 8.52. The van der Waals surface area contributed by atoms with Gasteiger partial charge in [0.2, 0.25) is 0 Å². The lowest BCUT2D eigenvalue weighted by Gasteiger charge is -2.21. The van der Waals surface area contributed by atoms with Gasteiger partial charge in [0.25, 0.3) is 5.91 Å². The highest BCUT2D eigenvalue weighted by Crippen LogP contribution is 2.32. The maximum Gasteiger partial charge on any atom is 0.251 e. The SMILES string of the molecule is C[C@H](NC(=O)c1ccc(OC[C@@H]2CCCO2)cc1)c1ccc2c(c1)OCCO2. The maximum atomic E-state index is 12.6. The van der Waals surface area contributed by atoms with Gasteiger partial charge in [-0.15, -0.1) is 0 Å². The van der Waals surface area contributed by atoms with Crippen LogP contribution in [0, 0.1) is 0 Å². The first kappa shape index (κ1) is 18.6. The minimum absolute atomic E-state index is 0.131. The molecular formula is C22H25NO5. The molecule has 2 heterocycles. The van der Waals surface area contributed by atoms with Gasteiger partial charge in [0.1, 0.15) is 25.6 Å². The van der Waals surface area contributed by atoms with E-state index < -0.39 is 0 Å². The Morgan fingerprint density at radius 1 is 1.11 bits per heavy atom. The molecule has 0 unspecified atom stereocenters. The summed E-state index contributed by atoms with van der Waals surface area (Å²) in [5, 5.41) is 3.02. The average Bonchev–Trinajstić information content (AvgIpc) is 3.26. The molecule has 0 bridgehead atoms. The van der Waals surface area contributed by atoms with Crippen molar-refractivity contribution < 1.29 is 23.7 Å². The molecule has 0 saturated carbocycles. The van der Waals surface area contributed by atoms with E-state index >= 15 is 0 Å². The van der Waals surface area contributed by atoms with Crippen LogP contribution in [0.25, 0.3) is 0 Å². The summed E-state index contributed by atoms with van der Waals surface area (Å²) in [5.74, 6) is 2.07. The Bertz CT molecular complexity index is 814. The van der Waals surface area contributed by atoms with E-state index in [-0.39, 0.29) is 18.1 Å². The highest BCUT2D eigenvalue weighted by Gasteiger charge is 2.18. The fraction of sp³-hybridized carbons (Fsp3) is 0.409. The molecule has 6 nitrogen and oxygen atoms in total. The van der Waals surface area contributed by atoms with Crippen molar-refractivity contribution in [2.24, 2.45) is 0 Å². The highest BCUT2D eigenvalue weighted by molar-refractivity contribution is 5.94. The molecule has 28 heavy (non-hydrogen) atoms. The number of ether oxygens (including phenoxy) is 4. The van der Waals surface area contributed by atoms with Crippen molar-refractivity contribution in [3.63, 3.8) is 0 Å². The second-order valence-corrected chi connectivity index (χ2v) is 7.07. The second-order valence-electron chi connectivity index (χ2n) is 7.07. The van der Waals surface area contributed by atoms with E-state index in [4.69, 9.17) is 18.9 Å². The minimum atomic E-state index is -0.154. The number of hydrogen-bond donors (Lipinski definition) is 1. The van der Waals surface area contributed by atoms with Crippen LogP contribution in [0.15, 0.2) is 42.5 Å². The van der Waals surface area contributed by atoms with Crippen LogP contribution >= 0.6 is 0 Å². The van der Waals surface area contributed by atoms with Crippen molar-refractivity contribution >= 4 is 5.91 Å². The monoisotopic (exact) mass is 383 g/mol. The van der Waals surface area contributed by atoms with E-state index in [1.807, 2.05) is 37.3 Å². The number of carbonyl (C=O) groups excluding carboxylic acids is 1. The van der Waals surface area contributed by atoms with E-state index in [0.29, 0.717) is 25.4 Å². The molecule has 2 aliphatic heterocycles. The molecule has 148 valence electrons. The number of rotatable bonds is 6. The van der Waals surface area contributed by atoms with Gasteiger partial charge in [-0.3, -0.25) is 4.79 Å². The lowest BCUT2D eigenvalue weighted by Crippen LogP contribution is -2.26. The molecule has 0 aromatic heterocycles. The first-order valence-corrected chi connectivity index (χ1v) is 9.74. The van der Waals surface area contributed by atoms with Crippen LogP contribution in [0.2, 0.25) is 0 Å². The normalized spacial score (nSPS) is 19.1. The van der Waals surface area contributed by atoms with Gasteiger partial charge in [-0.25, -0.2) is 0 Å². The Morgan fingerprint density at radius 3 is 2.64 bits per heavy atom. The van der Waals surface area contributed by atoms with Gasteiger partial charge in [0.05, 0.1) is 12.1 Å². The summed E-state index contributed by atoms with van der Waals surface area (Å²) in [4.78, 5) is 12.6. The summed E-state index contributed by atoms with van der Waals surface area (Å²) < 4.78 is 22.5. The maximum absolute atomic E-state index is 12.6. The van der Waals surface area contributed by atoms with Gasteiger partial charge in [0.15, 0.2) is 11.5 Å². The zero-order valence-corrected chi connectivity index (χ0v) is 16.0. The topological polar surface area (TPSA) is 66.0 Å². The molecule has 0 radical (unpaired) electrons. The first-order valence-electron chi connectivity index (χ1n) is 9.74. The number of amides is 1. The molecule has 2 aromatic carbocycles. The fourth-order valence-electron chi connectivity index (χ4n) is 3.36. The lowest BCUT2D eigenvalue weighted by molar-refractivity contribution is 0.0679. The molecule has 1 N–H and O–H groups in total. The smallest absolute Gasteiger partial charge is 0.251 e. The van der Waals surface area contributed by atoms with Crippen molar-refractivity contribution in [3.05, 3.63) is 53.6 Å². The zero-order valence-electron chi connectivity index (χ0n) is 16.0. The van der Waals surface area contributed by atoms with Crippen LogP contribution in [-0.2, 0) is 4.74 Å². The van der Waals surface area contributed by atoms with Crippen molar-refractivity contribution in [2.45, 2.75) is 31.9 Å². The van der Waals surface area contributed by atoms with Gasteiger partial charge < -0.3 is 24.3 Å². The summed E-state index contributed by atoms with van der Waals surface area (Å²) in [6.07, 6.45) is 2.31. The summed E-state index contributed by atoms with van der Waals surface area (Å²) in [6.45, 7) is 4.41. The molecule has 2 atom stereocenters. The highest BCUT2D eigenvalue weighted by atomic mass is 16.6. The predicted octanol–water partition coefficient (Wildman–Crippen LogP) is 3.51. The van der Waals surface area contributed by atoms with Crippen LogP contribution in [0.5, 0.6) is 17.2 Å². The molecule has 2 aromatic rings. The van der Waals surface area contributed by atoms with Crippen molar-refractivity contribution in [2.75, 3.05) is 26.4 Å². The molecule has 2 aliphatic rings. The largest absolute Gasteiger partial charge is 0.491 e. The molecule has 1 amide bonds. The van der Waals surface area contributed by atoms with Crippen molar-refractivity contribution in [3.8, 4) is 17.2 Å². The molecule has 4 rings (SSSR count). The molecule has 1 fully saturated rings. The van der Waals surface area contributed by atoms with Crippen LogP contribution in [0.1, 0.15) is 41.7 Å². The standard InChI is InChI=1S/C22H25NO5/c1-15(17-6-9-20-21(13-17)27-12-11-26-20)23-22(24)16-4-7-18(8-5-16)28-14-19-3-2-10-25-19/h4-9,13,15,19H,2-3,10-12,14H2,1H3,(H,23,24)/t15-,19-/m0/s1. The van der Waals surface area contributed by atoms with E-state index in [2.05, 4.69) is 5.32 Å². The summed E-state index contributed by atoms with van der Waals surface area (Å²) in [6, 6.07) is 12.8. The van der Waals surface area contributed by atoms with E-state index in [1.54, 1.807) is 12.1 Å². The first-order chi connectivity index (χ1) is 13.7.